The molecule has 0 amide bonds. The summed E-state index contributed by atoms with van der Waals surface area (Å²) in [4.78, 5) is 10.7. The second-order valence-corrected chi connectivity index (χ2v) is 5.02. The van der Waals surface area contributed by atoms with E-state index < -0.39 is 0 Å². The van der Waals surface area contributed by atoms with Gasteiger partial charge in [0.25, 0.3) is 0 Å². The molecule has 21 heavy (non-hydrogen) atoms. The second-order valence-electron chi connectivity index (χ2n) is 4.59. The maximum absolute atomic E-state index is 5.89. The summed E-state index contributed by atoms with van der Waals surface area (Å²) in [7, 11) is 3.55. The number of methoxy groups -OCH3 is 1. The van der Waals surface area contributed by atoms with E-state index in [1.54, 1.807) is 13.2 Å². The number of hydrazine groups is 1. The number of nitrogens with two attached hydrogens (primary N) is 1. The zero-order valence-corrected chi connectivity index (χ0v) is 12.8. The zero-order valence-electron chi connectivity index (χ0n) is 12.0. The summed E-state index contributed by atoms with van der Waals surface area (Å²) in [5.41, 5.74) is 3.68. The van der Waals surface area contributed by atoms with Crippen LogP contribution in [0.15, 0.2) is 30.3 Å². The highest BCUT2D eigenvalue weighted by Crippen LogP contribution is 2.18. The van der Waals surface area contributed by atoms with Crippen LogP contribution in [-0.4, -0.2) is 24.1 Å². The van der Waals surface area contributed by atoms with Crippen LogP contribution in [0.3, 0.4) is 0 Å². The number of nitrogens with one attached hydrogen (secondary N) is 1. The van der Waals surface area contributed by atoms with Crippen LogP contribution in [0.5, 0.6) is 0 Å². The molecule has 0 saturated heterocycles. The number of benzene rings is 1. The first-order chi connectivity index (χ1) is 10.1. The lowest BCUT2D eigenvalue weighted by Crippen LogP contribution is -2.20. The van der Waals surface area contributed by atoms with Crippen molar-refractivity contribution in [2.24, 2.45) is 5.84 Å². The van der Waals surface area contributed by atoms with Gasteiger partial charge in [-0.3, -0.25) is 0 Å². The van der Waals surface area contributed by atoms with Crippen molar-refractivity contribution in [1.29, 1.82) is 0 Å². The van der Waals surface area contributed by atoms with Gasteiger partial charge in [0.2, 0.25) is 0 Å². The van der Waals surface area contributed by atoms with E-state index in [0.717, 1.165) is 16.4 Å². The van der Waals surface area contributed by atoms with E-state index in [0.29, 0.717) is 24.8 Å². The molecule has 112 valence electrons. The molecule has 0 aliphatic carbocycles. The molecule has 2 rings (SSSR count). The number of nitrogens with zero attached hydrogens (tertiary/aromatic N) is 3. The minimum Gasteiger partial charge on any atom is -0.377 e. The van der Waals surface area contributed by atoms with Crippen LogP contribution in [0.25, 0.3) is 0 Å². The first-order valence-corrected chi connectivity index (χ1v) is 6.79. The Morgan fingerprint density at radius 2 is 2.00 bits per heavy atom. The average Bonchev–Trinajstić information content (AvgIpc) is 2.49. The van der Waals surface area contributed by atoms with E-state index in [1.165, 1.54) is 0 Å². The molecule has 1 heterocycles. The number of ether oxygens (including phenoxy) is 1. The molecule has 0 radical (unpaired) electrons. The molecule has 7 heteroatoms. The fraction of sp³-hybridized carbons (Fsp3) is 0.286. The van der Waals surface area contributed by atoms with Gasteiger partial charge in [-0.15, -0.1) is 0 Å². The molecular weight excluding hydrogens is 290 g/mol. The monoisotopic (exact) mass is 307 g/mol. The van der Waals surface area contributed by atoms with Gasteiger partial charge in [-0.05, 0) is 17.7 Å². The van der Waals surface area contributed by atoms with Crippen LogP contribution in [-0.2, 0) is 17.9 Å². The van der Waals surface area contributed by atoms with Gasteiger partial charge in [-0.2, -0.15) is 0 Å². The van der Waals surface area contributed by atoms with Crippen molar-refractivity contribution in [3.05, 3.63) is 46.7 Å². The number of nitrogen functional groups attached to an aromatic ring is 1. The highest BCUT2D eigenvalue weighted by molar-refractivity contribution is 6.30. The molecule has 0 saturated carbocycles. The third-order valence-electron chi connectivity index (χ3n) is 2.90. The van der Waals surface area contributed by atoms with Crippen molar-refractivity contribution in [1.82, 2.24) is 9.97 Å². The number of halogens is 1. The zero-order chi connectivity index (χ0) is 15.2. The summed E-state index contributed by atoms with van der Waals surface area (Å²) in [5, 5.41) is 0.723. The van der Waals surface area contributed by atoms with E-state index in [4.69, 9.17) is 22.2 Å². The Kier molecular flexibility index (Phi) is 5.32. The van der Waals surface area contributed by atoms with Crippen molar-refractivity contribution >= 4 is 23.2 Å². The Balaban J connectivity index is 2.19. The van der Waals surface area contributed by atoms with Gasteiger partial charge in [-0.1, -0.05) is 23.7 Å². The SMILES string of the molecule is COCc1nc(NN)cc(N(C)Cc2ccc(Cl)cc2)n1. The van der Waals surface area contributed by atoms with Gasteiger partial charge in [0.05, 0.1) is 0 Å². The van der Waals surface area contributed by atoms with E-state index >= 15 is 0 Å². The molecule has 0 aliphatic heterocycles. The summed E-state index contributed by atoms with van der Waals surface area (Å²) in [5.74, 6) is 7.33. The molecule has 0 unspecified atom stereocenters. The second kappa shape index (κ2) is 7.21. The van der Waals surface area contributed by atoms with Crippen LogP contribution in [0.1, 0.15) is 11.4 Å². The molecule has 0 atom stereocenters. The summed E-state index contributed by atoms with van der Waals surface area (Å²) < 4.78 is 5.07. The van der Waals surface area contributed by atoms with E-state index in [9.17, 15) is 0 Å². The molecule has 1 aromatic carbocycles. The molecule has 6 nitrogen and oxygen atoms in total. The quantitative estimate of drug-likeness (QED) is 0.629. The lowest BCUT2D eigenvalue weighted by Gasteiger charge is -2.19. The molecule has 0 aliphatic rings. The van der Waals surface area contributed by atoms with Crippen LogP contribution in [0.2, 0.25) is 5.02 Å². The Morgan fingerprint density at radius 3 is 2.62 bits per heavy atom. The summed E-state index contributed by atoms with van der Waals surface area (Å²) in [6.07, 6.45) is 0. The minimum absolute atomic E-state index is 0.331. The summed E-state index contributed by atoms with van der Waals surface area (Å²) >= 11 is 5.89. The molecule has 0 fully saturated rings. The van der Waals surface area contributed by atoms with E-state index in [1.807, 2.05) is 36.2 Å². The normalized spacial score (nSPS) is 10.5. The van der Waals surface area contributed by atoms with Crippen LogP contribution < -0.4 is 16.2 Å². The van der Waals surface area contributed by atoms with Crippen molar-refractivity contribution in [2.45, 2.75) is 13.2 Å². The standard InChI is InChI=1S/C14H18ClN5O/c1-20(8-10-3-5-11(15)6-4-10)14-7-12(19-16)17-13(18-14)9-21-2/h3-7H,8-9,16H2,1-2H3,(H,17,18,19). The van der Waals surface area contributed by atoms with Gasteiger partial charge in [0.15, 0.2) is 5.82 Å². The predicted molar refractivity (Wildman–Crippen MR) is 84.1 cm³/mol. The van der Waals surface area contributed by atoms with Crippen molar-refractivity contribution in [2.75, 3.05) is 24.5 Å². The van der Waals surface area contributed by atoms with Gasteiger partial charge in [-0.25, -0.2) is 15.8 Å². The van der Waals surface area contributed by atoms with Gasteiger partial charge in [0, 0.05) is 31.8 Å². The number of hydrogen-bond donors (Lipinski definition) is 2. The molecule has 1 aromatic heterocycles. The van der Waals surface area contributed by atoms with Crippen LogP contribution in [0, 0.1) is 0 Å². The minimum atomic E-state index is 0.331. The van der Waals surface area contributed by atoms with Gasteiger partial charge >= 0.3 is 0 Å². The lowest BCUT2D eigenvalue weighted by molar-refractivity contribution is 0.178. The maximum atomic E-state index is 5.89. The molecule has 2 aromatic rings. The largest absolute Gasteiger partial charge is 0.377 e. The highest BCUT2D eigenvalue weighted by atomic mass is 35.5. The fourth-order valence-corrected chi connectivity index (χ4v) is 2.02. The number of anilines is 2. The van der Waals surface area contributed by atoms with Crippen LogP contribution in [0.4, 0.5) is 11.6 Å². The third-order valence-corrected chi connectivity index (χ3v) is 3.16. The summed E-state index contributed by atoms with van der Waals surface area (Å²) in [6.45, 7) is 1.03. The smallest absolute Gasteiger partial charge is 0.158 e. The van der Waals surface area contributed by atoms with E-state index in [-0.39, 0.29) is 0 Å². The van der Waals surface area contributed by atoms with Crippen LogP contribution >= 0.6 is 11.6 Å². The van der Waals surface area contributed by atoms with Gasteiger partial charge in [0.1, 0.15) is 18.2 Å². The average molecular weight is 308 g/mol. The maximum Gasteiger partial charge on any atom is 0.158 e. The Hall–Kier alpha value is -1.89. The molecule has 0 spiro atoms. The lowest BCUT2D eigenvalue weighted by atomic mass is 10.2. The Labute approximate surface area is 128 Å². The van der Waals surface area contributed by atoms with E-state index in [2.05, 4.69) is 15.4 Å². The highest BCUT2D eigenvalue weighted by Gasteiger charge is 2.09. The topological polar surface area (TPSA) is 76.3 Å². The van der Waals surface area contributed by atoms with Crippen molar-refractivity contribution in [3.8, 4) is 0 Å². The number of hydrogen-bond acceptors (Lipinski definition) is 6. The fourth-order valence-electron chi connectivity index (χ4n) is 1.89. The first-order valence-electron chi connectivity index (χ1n) is 6.41. The first kappa shape index (κ1) is 15.5. The van der Waals surface area contributed by atoms with Gasteiger partial charge < -0.3 is 15.1 Å². The Morgan fingerprint density at radius 1 is 1.29 bits per heavy atom. The predicted octanol–water partition coefficient (Wildman–Crippen LogP) is 2.20. The summed E-state index contributed by atoms with van der Waals surface area (Å²) in [6, 6.07) is 9.49. The van der Waals surface area contributed by atoms with Crippen molar-refractivity contribution < 1.29 is 4.74 Å². The number of aromatic nitrogens is 2. The molecule has 3 N–H and O–H groups in total. The van der Waals surface area contributed by atoms with Crippen molar-refractivity contribution in [3.63, 3.8) is 0 Å². The molecular formula is C14H18ClN5O. The Bertz CT molecular complexity index is 590. The molecule has 0 bridgehead atoms. The third kappa shape index (κ3) is 4.29. The number of rotatable bonds is 6.